The van der Waals surface area contributed by atoms with Crippen molar-refractivity contribution in [3.05, 3.63) is 54.6 Å². The molecule has 0 radical (unpaired) electrons. The average molecular weight is 227 g/mol. The van der Waals surface area contributed by atoms with E-state index in [2.05, 4.69) is 11.9 Å². The zero-order valence-corrected chi connectivity index (χ0v) is 9.98. The van der Waals surface area contributed by atoms with Gasteiger partial charge in [-0.05, 0) is 12.3 Å². The number of phenolic OH excluding ortho intramolecular Hbond substituents is 1. The number of hydrogen-bond acceptors (Lipinski definition) is 2. The molecule has 0 amide bonds. The molecule has 2 aromatic carbocycles. The quantitative estimate of drug-likeness (QED) is 0.785. The van der Waals surface area contributed by atoms with Crippen LogP contribution in [-0.4, -0.2) is 11.7 Å². The van der Waals surface area contributed by atoms with Gasteiger partial charge in [0.15, 0.2) is 0 Å². The lowest BCUT2D eigenvalue weighted by atomic mass is 10.0. The Morgan fingerprint density at radius 2 is 2.06 bits per heavy atom. The van der Waals surface area contributed by atoms with Crippen molar-refractivity contribution in [3.8, 4) is 5.75 Å². The second-order valence-electron chi connectivity index (χ2n) is 4.14. The predicted molar refractivity (Wildman–Crippen MR) is 72.2 cm³/mol. The van der Waals surface area contributed by atoms with Gasteiger partial charge in [0.25, 0.3) is 0 Å². The Morgan fingerprint density at radius 3 is 2.82 bits per heavy atom. The van der Waals surface area contributed by atoms with Crippen LogP contribution in [0.25, 0.3) is 10.8 Å². The maximum atomic E-state index is 10.3. The van der Waals surface area contributed by atoms with Gasteiger partial charge in [-0.25, -0.2) is 0 Å². The van der Waals surface area contributed by atoms with Gasteiger partial charge in [-0.1, -0.05) is 42.5 Å². The zero-order chi connectivity index (χ0) is 12.3. The van der Waals surface area contributed by atoms with E-state index >= 15 is 0 Å². The minimum Gasteiger partial charge on any atom is -0.507 e. The number of fused-ring (bicyclic) bond motifs is 1. The molecule has 0 saturated carbocycles. The monoisotopic (exact) mass is 227 g/mol. The summed E-state index contributed by atoms with van der Waals surface area (Å²) < 4.78 is 0. The first kappa shape index (κ1) is 11.7. The van der Waals surface area contributed by atoms with E-state index in [1.165, 1.54) is 0 Å². The Morgan fingerprint density at radius 1 is 1.29 bits per heavy atom. The number of phenols is 1. The van der Waals surface area contributed by atoms with Gasteiger partial charge in [0.2, 0.25) is 0 Å². The van der Waals surface area contributed by atoms with E-state index in [1.807, 2.05) is 49.4 Å². The van der Waals surface area contributed by atoms with Crippen molar-refractivity contribution in [1.82, 2.24) is 5.32 Å². The maximum Gasteiger partial charge on any atom is 0.128 e. The molecule has 0 aliphatic carbocycles. The van der Waals surface area contributed by atoms with Crippen LogP contribution in [0.5, 0.6) is 5.75 Å². The van der Waals surface area contributed by atoms with Crippen molar-refractivity contribution >= 4 is 10.8 Å². The van der Waals surface area contributed by atoms with Crippen LogP contribution < -0.4 is 5.32 Å². The molecule has 88 valence electrons. The fourth-order valence-corrected chi connectivity index (χ4v) is 1.99. The molecular formula is C15H17NO. The summed E-state index contributed by atoms with van der Waals surface area (Å²) in [5.41, 5.74) is 0.922. The molecule has 0 heterocycles. The third-order valence-corrected chi connectivity index (χ3v) is 2.97. The molecule has 2 N–H and O–H groups in total. The molecule has 1 atom stereocenters. The van der Waals surface area contributed by atoms with Gasteiger partial charge in [0.05, 0.1) is 0 Å². The lowest BCUT2D eigenvalue weighted by Gasteiger charge is -2.15. The first-order chi connectivity index (χ1) is 8.24. The Balaban J connectivity index is 2.41. The molecule has 2 aromatic rings. The number of aromatic hydroxyl groups is 1. The summed E-state index contributed by atoms with van der Waals surface area (Å²) in [4.78, 5) is 0. The van der Waals surface area contributed by atoms with Gasteiger partial charge in [-0.2, -0.15) is 0 Å². The van der Waals surface area contributed by atoms with E-state index in [-0.39, 0.29) is 6.04 Å². The highest BCUT2D eigenvalue weighted by atomic mass is 16.3. The van der Waals surface area contributed by atoms with E-state index < -0.39 is 0 Å². The molecule has 2 heteroatoms. The summed E-state index contributed by atoms with van der Waals surface area (Å²) in [6.07, 6.45) is 1.81. The van der Waals surface area contributed by atoms with Gasteiger partial charge < -0.3 is 10.4 Å². The fraction of sp³-hybridized carbons (Fsp3) is 0.200. The molecule has 0 aromatic heterocycles. The zero-order valence-electron chi connectivity index (χ0n) is 9.98. The SMILES string of the molecule is C=CCNC(C)c1ccc2ccccc2c1O. The first-order valence-electron chi connectivity index (χ1n) is 5.79. The van der Waals surface area contributed by atoms with Crippen LogP contribution in [-0.2, 0) is 0 Å². The van der Waals surface area contributed by atoms with Crippen LogP contribution in [0.3, 0.4) is 0 Å². The minimum absolute atomic E-state index is 0.109. The second-order valence-corrected chi connectivity index (χ2v) is 4.14. The average Bonchev–Trinajstić information content (AvgIpc) is 2.37. The number of hydrogen-bond donors (Lipinski definition) is 2. The third kappa shape index (κ3) is 2.32. The van der Waals surface area contributed by atoms with E-state index in [0.717, 1.165) is 22.9 Å². The summed E-state index contributed by atoms with van der Waals surface area (Å²) in [5, 5.41) is 15.5. The number of nitrogens with one attached hydrogen (secondary N) is 1. The summed E-state index contributed by atoms with van der Waals surface area (Å²) in [7, 11) is 0. The van der Waals surface area contributed by atoms with E-state index in [4.69, 9.17) is 0 Å². The van der Waals surface area contributed by atoms with Gasteiger partial charge in [0, 0.05) is 23.5 Å². The molecule has 0 aliphatic heterocycles. The van der Waals surface area contributed by atoms with Gasteiger partial charge in [0.1, 0.15) is 5.75 Å². The molecule has 2 rings (SSSR count). The molecule has 2 nitrogen and oxygen atoms in total. The van der Waals surface area contributed by atoms with Crippen LogP contribution in [0, 0.1) is 0 Å². The maximum absolute atomic E-state index is 10.3. The topological polar surface area (TPSA) is 32.3 Å². The highest BCUT2D eigenvalue weighted by Crippen LogP contribution is 2.32. The Hall–Kier alpha value is -1.80. The van der Waals surface area contributed by atoms with Crippen molar-refractivity contribution in [2.75, 3.05) is 6.54 Å². The van der Waals surface area contributed by atoms with Crippen molar-refractivity contribution < 1.29 is 5.11 Å². The Kier molecular flexibility index (Phi) is 3.45. The minimum atomic E-state index is 0.109. The van der Waals surface area contributed by atoms with Gasteiger partial charge in [-0.15, -0.1) is 6.58 Å². The van der Waals surface area contributed by atoms with Gasteiger partial charge >= 0.3 is 0 Å². The van der Waals surface area contributed by atoms with Crippen molar-refractivity contribution in [3.63, 3.8) is 0 Å². The predicted octanol–water partition coefficient (Wildman–Crippen LogP) is 3.38. The lowest BCUT2D eigenvalue weighted by Crippen LogP contribution is -2.18. The van der Waals surface area contributed by atoms with Crippen LogP contribution >= 0.6 is 0 Å². The molecular weight excluding hydrogens is 210 g/mol. The van der Waals surface area contributed by atoms with E-state index in [9.17, 15) is 5.11 Å². The summed E-state index contributed by atoms with van der Waals surface area (Å²) in [6.45, 7) is 6.44. The standard InChI is InChI=1S/C15H17NO/c1-3-10-16-11(2)13-9-8-12-6-4-5-7-14(12)15(13)17/h3-9,11,16-17H,1,10H2,2H3. The summed E-state index contributed by atoms with van der Waals surface area (Å²) in [6, 6.07) is 12.0. The van der Waals surface area contributed by atoms with E-state index in [1.54, 1.807) is 0 Å². The second kappa shape index (κ2) is 5.02. The lowest BCUT2D eigenvalue weighted by molar-refractivity contribution is 0.462. The summed E-state index contributed by atoms with van der Waals surface area (Å²) in [5.74, 6) is 0.368. The summed E-state index contributed by atoms with van der Waals surface area (Å²) >= 11 is 0. The molecule has 17 heavy (non-hydrogen) atoms. The van der Waals surface area contributed by atoms with Gasteiger partial charge in [-0.3, -0.25) is 0 Å². The van der Waals surface area contributed by atoms with Crippen molar-refractivity contribution in [1.29, 1.82) is 0 Å². The van der Waals surface area contributed by atoms with Crippen molar-refractivity contribution in [2.24, 2.45) is 0 Å². The molecule has 0 saturated heterocycles. The molecule has 0 bridgehead atoms. The smallest absolute Gasteiger partial charge is 0.128 e. The normalized spacial score (nSPS) is 12.5. The number of benzene rings is 2. The number of rotatable bonds is 4. The Bertz CT molecular complexity index is 533. The molecule has 0 spiro atoms. The molecule has 0 fully saturated rings. The highest BCUT2D eigenvalue weighted by molar-refractivity contribution is 5.89. The van der Waals surface area contributed by atoms with Crippen LogP contribution in [0.2, 0.25) is 0 Å². The van der Waals surface area contributed by atoms with Crippen LogP contribution in [0.4, 0.5) is 0 Å². The molecule has 0 aliphatic rings. The largest absolute Gasteiger partial charge is 0.507 e. The van der Waals surface area contributed by atoms with Crippen LogP contribution in [0.15, 0.2) is 49.1 Å². The highest BCUT2D eigenvalue weighted by Gasteiger charge is 2.11. The van der Waals surface area contributed by atoms with Crippen LogP contribution in [0.1, 0.15) is 18.5 Å². The molecule has 1 unspecified atom stereocenters. The Labute approximate surface area is 102 Å². The van der Waals surface area contributed by atoms with E-state index in [0.29, 0.717) is 5.75 Å². The fourth-order valence-electron chi connectivity index (χ4n) is 1.99. The third-order valence-electron chi connectivity index (χ3n) is 2.97. The van der Waals surface area contributed by atoms with Crippen molar-refractivity contribution in [2.45, 2.75) is 13.0 Å². The first-order valence-corrected chi connectivity index (χ1v) is 5.79.